The summed E-state index contributed by atoms with van der Waals surface area (Å²) >= 11 is 1.89. The van der Waals surface area contributed by atoms with Gasteiger partial charge in [-0.25, -0.2) is 4.98 Å². The molecule has 2 fully saturated rings. The molecule has 0 aromatic carbocycles. The van der Waals surface area contributed by atoms with Crippen LogP contribution in [0.15, 0.2) is 5.38 Å². The predicted octanol–water partition coefficient (Wildman–Crippen LogP) is 4.99. The fourth-order valence-electron chi connectivity index (χ4n) is 3.58. The molecule has 0 saturated heterocycles. The van der Waals surface area contributed by atoms with Crippen LogP contribution in [0.4, 0.5) is 0 Å². The Kier molecular flexibility index (Phi) is 4.17. The molecule has 2 atom stereocenters. The Labute approximate surface area is 133 Å². The fourth-order valence-corrected chi connectivity index (χ4v) is 4.83. The summed E-state index contributed by atoms with van der Waals surface area (Å²) in [6.07, 6.45) is 9.34. The maximum Gasteiger partial charge on any atom is 0.113 e. The molecule has 1 heterocycles. The van der Waals surface area contributed by atoms with Gasteiger partial charge in [0.1, 0.15) is 5.01 Å². The smallest absolute Gasteiger partial charge is 0.113 e. The number of rotatable bonds is 4. The number of aromatic nitrogens is 1. The maximum atomic E-state index is 5.08. The van der Waals surface area contributed by atoms with Gasteiger partial charge in [-0.15, -0.1) is 11.3 Å². The topological polar surface area (TPSA) is 24.9 Å². The molecule has 2 aliphatic rings. The number of nitrogens with zero attached hydrogens (tertiary/aromatic N) is 1. The van der Waals surface area contributed by atoms with E-state index in [1.807, 2.05) is 11.3 Å². The molecule has 1 aromatic heterocycles. The average molecular weight is 307 g/mol. The molecule has 1 N–H and O–H groups in total. The lowest BCUT2D eigenvalue weighted by molar-refractivity contribution is 0.171. The van der Waals surface area contributed by atoms with Crippen molar-refractivity contribution in [3.8, 4) is 0 Å². The van der Waals surface area contributed by atoms with E-state index in [1.165, 1.54) is 55.6 Å². The van der Waals surface area contributed by atoms with E-state index in [1.54, 1.807) is 0 Å². The fraction of sp³-hybridized carbons (Fsp3) is 0.833. The first kappa shape index (κ1) is 15.5. The Morgan fingerprint density at radius 1 is 1.33 bits per heavy atom. The first-order valence-electron chi connectivity index (χ1n) is 8.67. The van der Waals surface area contributed by atoms with E-state index in [0.717, 1.165) is 12.0 Å². The lowest BCUT2D eigenvalue weighted by Crippen LogP contribution is -2.47. The Bertz CT molecular complexity index is 484. The number of hydrogen-bond acceptors (Lipinski definition) is 3. The number of thiazole rings is 1. The average Bonchev–Trinajstić information content (AvgIpc) is 3.08. The van der Waals surface area contributed by atoms with Crippen LogP contribution in [0.1, 0.15) is 83.3 Å². The molecule has 0 bridgehead atoms. The molecule has 3 rings (SSSR count). The molecule has 0 aliphatic heterocycles. The number of nitrogens with one attached hydrogen (secondary N) is 1. The van der Waals surface area contributed by atoms with Gasteiger partial charge in [0.05, 0.1) is 11.2 Å². The van der Waals surface area contributed by atoms with Crippen LogP contribution < -0.4 is 5.32 Å². The normalized spacial score (nSPS) is 30.6. The highest BCUT2D eigenvalue weighted by atomic mass is 32.1. The van der Waals surface area contributed by atoms with Gasteiger partial charge in [-0.2, -0.15) is 0 Å². The van der Waals surface area contributed by atoms with Crippen LogP contribution in [0.2, 0.25) is 0 Å². The third kappa shape index (κ3) is 3.34. The standard InChI is InChI=1S/C18H30N2S/c1-5-13-7-6-10-18(11-13,20-14-8-9-14)16-19-15(12-21-16)17(2,3)4/h12-14,20H,5-11H2,1-4H3. The molecule has 2 saturated carbocycles. The third-order valence-corrected chi connectivity index (χ3v) is 6.22. The van der Waals surface area contributed by atoms with E-state index in [4.69, 9.17) is 4.98 Å². The van der Waals surface area contributed by atoms with Crippen LogP contribution in [0.5, 0.6) is 0 Å². The van der Waals surface area contributed by atoms with Crippen LogP contribution in [0.25, 0.3) is 0 Å². The summed E-state index contributed by atoms with van der Waals surface area (Å²) in [6.45, 7) is 9.15. The van der Waals surface area contributed by atoms with E-state index < -0.39 is 0 Å². The van der Waals surface area contributed by atoms with E-state index in [9.17, 15) is 0 Å². The van der Waals surface area contributed by atoms with Gasteiger partial charge in [-0.1, -0.05) is 47.0 Å². The summed E-state index contributed by atoms with van der Waals surface area (Å²) in [4.78, 5) is 5.08. The molecule has 0 spiro atoms. The van der Waals surface area contributed by atoms with Crippen molar-refractivity contribution in [2.45, 2.75) is 89.6 Å². The molecular weight excluding hydrogens is 276 g/mol. The SMILES string of the molecule is CCC1CCCC(NC2CC2)(c2nc(C(C)(C)C)cs2)C1. The minimum Gasteiger partial charge on any atom is -0.303 e. The monoisotopic (exact) mass is 306 g/mol. The lowest BCUT2D eigenvalue weighted by atomic mass is 9.74. The Morgan fingerprint density at radius 3 is 2.67 bits per heavy atom. The van der Waals surface area contributed by atoms with Crippen molar-refractivity contribution in [1.29, 1.82) is 0 Å². The van der Waals surface area contributed by atoms with Crippen molar-refractivity contribution in [2.24, 2.45) is 5.92 Å². The summed E-state index contributed by atoms with van der Waals surface area (Å²) in [5.74, 6) is 0.868. The first-order chi connectivity index (χ1) is 9.93. The summed E-state index contributed by atoms with van der Waals surface area (Å²) in [5.41, 5.74) is 1.60. The number of hydrogen-bond donors (Lipinski definition) is 1. The summed E-state index contributed by atoms with van der Waals surface area (Å²) < 4.78 is 0. The molecule has 0 amide bonds. The highest BCUT2D eigenvalue weighted by Gasteiger charge is 2.43. The minimum atomic E-state index is 0.161. The Balaban J connectivity index is 1.89. The zero-order chi connectivity index (χ0) is 15.1. The van der Waals surface area contributed by atoms with Crippen LogP contribution in [0.3, 0.4) is 0 Å². The molecule has 1 aromatic rings. The van der Waals surface area contributed by atoms with Gasteiger partial charge < -0.3 is 5.32 Å². The molecule has 0 radical (unpaired) electrons. The van der Waals surface area contributed by atoms with E-state index in [0.29, 0.717) is 0 Å². The van der Waals surface area contributed by atoms with Crippen molar-refractivity contribution >= 4 is 11.3 Å². The molecule has 2 aliphatic carbocycles. The van der Waals surface area contributed by atoms with Gasteiger partial charge in [0, 0.05) is 16.8 Å². The minimum absolute atomic E-state index is 0.161. The second-order valence-electron chi connectivity index (χ2n) is 8.16. The zero-order valence-electron chi connectivity index (χ0n) is 14.0. The van der Waals surface area contributed by atoms with Crippen LogP contribution in [0, 0.1) is 5.92 Å². The molecule has 21 heavy (non-hydrogen) atoms. The second kappa shape index (κ2) is 5.66. The Hall–Kier alpha value is -0.410. The van der Waals surface area contributed by atoms with Crippen molar-refractivity contribution < 1.29 is 0 Å². The van der Waals surface area contributed by atoms with Crippen molar-refractivity contribution in [3.63, 3.8) is 0 Å². The van der Waals surface area contributed by atoms with Crippen molar-refractivity contribution in [1.82, 2.24) is 10.3 Å². The van der Waals surface area contributed by atoms with Crippen molar-refractivity contribution in [2.75, 3.05) is 0 Å². The van der Waals surface area contributed by atoms with Gasteiger partial charge in [-0.3, -0.25) is 0 Å². The quantitative estimate of drug-likeness (QED) is 0.848. The highest BCUT2D eigenvalue weighted by molar-refractivity contribution is 7.09. The first-order valence-corrected chi connectivity index (χ1v) is 9.55. The van der Waals surface area contributed by atoms with Gasteiger partial charge in [0.2, 0.25) is 0 Å². The summed E-state index contributed by atoms with van der Waals surface area (Å²) in [6, 6.07) is 0.752. The zero-order valence-corrected chi connectivity index (χ0v) is 14.9. The van der Waals surface area contributed by atoms with Gasteiger partial charge >= 0.3 is 0 Å². The molecular formula is C18H30N2S. The molecule has 118 valence electrons. The molecule has 3 heteroatoms. The summed E-state index contributed by atoms with van der Waals surface area (Å²) in [7, 11) is 0. The lowest BCUT2D eigenvalue weighted by Gasteiger charge is -2.40. The van der Waals surface area contributed by atoms with E-state index >= 15 is 0 Å². The Morgan fingerprint density at radius 2 is 2.10 bits per heavy atom. The van der Waals surface area contributed by atoms with E-state index in [2.05, 4.69) is 38.4 Å². The predicted molar refractivity (Wildman–Crippen MR) is 90.9 cm³/mol. The van der Waals surface area contributed by atoms with Crippen LogP contribution >= 0.6 is 11.3 Å². The van der Waals surface area contributed by atoms with Gasteiger partial charge in [-0.05, 0) is 31.6 Å². The summed E-state index contributed by atoms with van der Waals surface area (Å²) in [5, 5.41) is 7.65. The van der Waals surface area contributed by atoms with E-state index in [-0.39, 0.29) is 11.0 Å². The van der Waals surface area contributed by atoms with Crippen LogP contribution in [-0.4, -0.2) is 11.0 Å². The third-order valence-electron chi connectivity index (χ3n) is 5.17. The highest BCUT2D eigenvalue weighted by Crippen LogP contribution is 2.44. The molecule has 2 unspecified atom stereocenters. The van der Waals surface area contributed by atoms with Gasteiger partial charge in [0.25, 0.3) is 0 Å². The second-order valence-corrected chi connectivity index (χ2v) is 9.02. The van der Waals surface area contributed by atoms with Crippen LogP contribution in [-0.2, 0) is 11.0 Å². The van der Waals surface area contributed by atoms with Gasteiger partial charge in [0.15, 0.2) is 0 Å². The largest absolute Gasteiger partial charge is 0.303 e. The maximum absolute atomic E-state index is 5.08. The van der Waals surface area contributed by atoms with Crippen molar-refractivity contribution in [3.05, 3.63) is 16.1 Å². The molecule has 2 nitrogen and oxygen atoms in total.